The third kappa shape index (κ3) is 5.29. The summed E-state index contributed by atoms with van der Waals surface area (Å²) in [5.41, 5.74) is 6.10. The van der Waals surface area contributed by atoms with E-state index in [-0.39, 0.29) is 63.6 Å². The number of carbonyl (C=O) groups is 1. The van der Waals surface area contributed by atoms with Crippen molar-refractivity contribution in [2.75, 3.05) is 7.11 Å². The Kier molecular flexibility index (Phi) is 8.24. The van der Waals surface area contributed by atoms with E-state index >= 15 is 0 Å². The summed E-state index contributed by atoms with van der Waals surface area (Å²) >= 11 is 0. The summed E-state index contributed by atoms with van der Waals surface area (Å²) in [6, 6.07) is 23.7. The number of esters is 1. The van der Waals surface area contributed by atoms with Crippen molar-refractivity contribution in [1.82, 2.24) is 9.55 Å². The van der Waals surface area contributed by atoms with Gasteiger partial charge in [-0.05, 0) is 53.3 Å². The quantitative estimate of drug-likeness (QED) is 0.360. The molecule has 0 unspecified atom stereocenters. The van der Waals surface area contributed by atoms with E-state index in [1.165, 1.54) is 17.2 Å². The van der Waals surface area contributed by atoms with Gasteiger partial charge in [0.25, 0.3) is 0 Å². The van der Waals surface area contributed by atoms with Gasteiger partial charge in [-0.1, -0.05) is 48.5 Å². The zero-order chi connectivity index (χ0) is 21.8. The van der Waals surface area contributed by atoms with Gasteiger partial charge in [0.15, 0.2) is 0 Å². The van der Waals surface area contributed by atoms with Gasteiger partial charge in [0.05, 0.1) is 29.8 Å². The average molecular weight is 451 g/mol. The topological polar surface area (TPSA) is 87.9 Å². The summed E-state index contributed by atoms with van der Waals surface area (Å²) in [5, 5.41) is 8.93. The van der Waals surface area contributed by atoms with Crippen molar-refractivity contribution in [2.45, 2.75) is 19.4 Å². The second kappa shape index (κ2) is 10.9. The van der Waals surface area contributed by atoms with Crippen LogP contribution in [0, 0.1) is 11.3 Å². The van der Waals surface area contributed by atoms with Gasteiger partial charge in [-0.2, -0.15) is 5.26 Å². The number of fused-ring (bicyclic) bond motifs is 1. The summed E-state index contributed by atoms with van der Waals surface area (Å²) < 4.78 is 6.16. The number of rotatable bonds is 6. The molecule has 1 heterocycles. The number of methoxy groups -OCH3 is 1. The molecule has 0 aliphatic rings. The van der Waals surface area contributed by atoms with Crippen molar-refractivity contribution >= 4 is 68.4 Å². The van der Waals surface area contributed by atoms with Gasteiger partial charge in [0, 0.05) is 51.4 Å². The standard InChI is InChI=1S/C25H21N3O3.K/c1-31-23(29)16-28-24-21(3-2-4-22(24)27-25(28)30)14-7-17-5-10-19(11-6-17)20-12-8-18(15-26)9-13-20;/h2-6,8-13H,7,14,16H2,1H3,(H,27,30);. The summed E-state index contributed by atoms with van der Waals surface area (Å²) in [7, 11) is 1.31. The molecule has 0 aliphatic heterocycles. The Bertz CT molecular complexity index is 1330. The van der Waals surface area contributed by atoms with Gasteiger partial charge in [0.1, 0.15) is 6.54 Å². The minimum Gasteiger partial charge on any atom is -0.468 e. The predicted octanol–water partition coefficient (Wildman–Crippen LogP) is 3.45. The Labute approximate surface area is 228 Å². The molecule has 1 aromatic heterocycles. The van der Waals surface area contributed by atoms with Crippen molar-refractivity contribution in [2.24, 2.45) is 0 Å². The summed E-state index contributed by atoms with van der Waals surface area (Å²) in [5.74, 6) is -0.462. The second-order valence-corrected chi connectivity index (χ2v) is 7.29. The molecule has 0 saturated heterocycles. The number of H-pyrrole nitrogens is 1. The van der Waals surface area contributed by atoms with Crippen LogP contribution in [0.15, 0.2) is 71.5 Å². The Morgan fingerprint density at radius 2 is 1.66 bits per heavy atom. The molecule has 0 fully saturated rings. The number of aryl methyl sites for hydroxylation is 2. The molecule has 4 rings (SSSR count). The summed E-state index contributed by atoms with van der Waals surface area (Å²) in [6.07, 6.45) is 1.52. The molecular weight excluding hydrogens is 429 g/mol. The van der Waals surface area contributed by atoms with E-state index < -0.39 is 5.97 Å². The van der Waals surface area contributed by atoms with Crippen molar-refractivity contribution in [3.05, 3.63) is 93.9 Å². The number of hydrogen-bond donors (Lipinski definition) is 1. The minimum absolute atomic E-state index is 0. The van der Waals surface area contributed by atoms with Gasteiger partial charge in [0.2, 0.25) is 0 Å². The van der Waals surface area contributed by atoms with Crippen LogP contribution in [0.2, 0.25) is 0 Å². The molecule has 0 atom stereocenters. The van der Waals surface area contributed by atoms with Crippen molar-refractivity contribution in [1.29, 1.82) is 5.26 Å². The molecule has 0 spiro atoms. The van der Waals surface area contributed by atoms with Gasteiger partial charge < -0.3 is 9.72 Å². The third-order valence-electron chi connectivity index (χ3n) is 5.38. The van der Waals surface area contributed by atoms with Crippen LogP contribution < -0.4 is 5.69 Å². The first-order chi connectivity index (χ1) is 15.1. The van der Waals surface area contributed by atoms with Crippen molar-refractivity contribution < 1.29 is 9.53 Å². The maximum Gasteiger partial charge on any atom is 0.327 e. The number of nitrogens with one attached hydrogen (secondary N) is 1. The largest absolute Gasteiger partial charge is 0.468 e. The zero-order valence-corrected chi connectivity index (χ0v) is 21.2. The number of imidazole rings is 1. The number of aromatic nitrogens is 2. The van der Waals surface area contributed by atoms with E-state index in [0.717, 1.165) is 35.0 Å². The summed E-state index contributed by atoms with van der Waals surface area (Å²) in [4.78, 5) is 26.9. The first-order valence-corrected chi connectivity index (χ1v) is 9.96. The number of nitrogens with zero attached hydrogens (tertiary/aromatic N) is 2. The SMILES string of the molecule is COC(=O)Cn1c(=O)[nH]c2cccc(CCc3ccc(-c4ccc(C#N)cc4)cc3)c21.[K]. The smallest absolute Gasteiger partial charge is 0.327 e. The number of para-hydroxylation sites is 1. The monoisotopic (exact) mass is 450 g/mol. The normalized spacial score (nSPS) is 10.4. The van der Waals surface area contributed by atoms with Gasteiger partial charge in [-0.15, -0.1) is 0 Å². The molecular formula is C25H21KN3O3. The minimum atomic E-state index is -0.462. The van der Waals surface area contributed by atoms with E-state index in [9.17, 15) is 9.59 Å². The Morgan fingerprint density at radius 1 is 1.00 bits per heavy atom. The van der Waals surface area contributed by atoms with Gasteiger partial charge in [-0.25, -0.2) is 4.79 Å². The Hall–Kier alpha value is -2.47. The van der Waals surface area contributed by atoms with E-state index in [2.05, 4.69) is 35.3 Å². The number of aromatic amines is 1. The van der Waals surface area contributed by atoms with E-state index in [0.29, 0.717) is 11.1 Å². The number of ether oxygens (including phenoxy) is 1. The molecule has 0 amide bonds. The fourth-order valence-electron chi connectivity index (χ4n) is 3.72. The average Bonchev–Trinajstić information content (AvgIpc) is 3.13. The van der Waals surface area contributed by atoms with Gasteiger partial charge >= 0.3 is 11.7 Å². The zero-order valence-electron chi connectivity index (χ0n) is 18.1. The molecule has 6 nitrogen and oxygen atoms in total. The third-order valence-corrected chi connectivity index (χ3v) is 5.38. The maximum absolute atomic E-state index is 12.3. The van der Waals surface area contributed by atoms with Crippen LogP contribution >= 0.6 is 0 Å². The summed E-state index contributed by atoms with van der Waals surface area (Å²) in [6.45, 7) is -0.119. The molecule has 3 aromatic carbocycles. The van der Waals surface area contributed by atoms with Crippen LogP contribution in [0.5, 0.6) is 0 Å². The number of carbonyl (C=O) groups excluding carboxylic acids is 1. The molecule has 4 aromatic rings. The maximum atomic E-state index is 12.3. The first-order valence-electron chi connectivity index (χ1n) is 9.96. The van der Waals surface area contributed by atoms with Crippen LogP contribution in [-0.2, 0) is 28.9 Å². The van der Waals surface area contributed by atoms with Crippen molar-refractivity contribution in [3.63, 3.8) is 0 Å². The van der Waals surface area contributed by atoms with E-state index in [1.807, 2.05) is 42.5 Å². The van der Waals surface area contributed by atoms with Crippen LogP contribution in [-0.4, -0.2) is 74.0 Å². The molecule has 155 valence electrons. The second-order valence-electron chi connectivity index (χ2n) is 7.29. The predicted molar refractivity (Wildman–Crippen MR) is 124 cm³/mol. The van der Waals surface area contributed by atoms with Crippen LogP contribution in [0.3, 0.4) is 0 Å². The van der Waals surface area contributed by atoms with E-state index in [1.54, 1.807) is 0 Å². The van der Waals surface area contributed by atoms with Crippen LogP contribution in [0.25, 0.3) is 22.2 Å². The Balaban J connectivity index is 0.00000289. The Morgan fingerprint density at radius 3 is 2.28 bits per heavy atom. The fraction of sp³-hybridized carbons (Fsp3) is 0.160. The molecule has 32 heavy (non-hydrogen) atoms. The molecule has 0 aliphatic carbocycles. The molecule has 0 bridgehead atoms. The number of benzene rings is 3. The van der Waals surface area contributed by atoms with E-state index in [4.69, 9.17) is 10.00 Å². The molecule has 1 N–H and O–H groups in total. The molecule has 1 radical (unpaired) electrons. The molecule has 0 saturated carbocycles. The number of hydrogen-bond acceptors (Lipinski definition) is 4. The van der Waals surface area contributed by atoms with Gasteiger partial charge in [-0.3, -0.25) is 9.36 Å². The fourth-order valence-corrected chi connectivity index (χ4v) is 3.72. The molecule has 7 heteroatoms. The van der Waals surface area contributed by atoms with Crippen molar-refractivity contribution in [3.8, 4) is 17.2 Å². The first kappa shape index (κ1) is 24.2. The van der Waals surface area contributed by atoms with Crippen LogP contribution in [0.1, 0.15) is 16.7 Å². The number of nitriles is 1. The van der Waals surface area contributed by atoms with Crippen LogP contribution in [0.4, 0.5) is 0 Å².